The van der Waals surface area contributed by atoms with Crippen molar-refractivity contribution in [3.05, 3.63) is 16.1 Å². The molecule has 1 aliphatic carbocycles. The first-order valence-corrected chi connectivity index (χ1v) is 7.95. The molecule has 1 heterocycles. The number of hydrogen-bond donors (Lipinski definition) is 1. The fourth-order valence-electron chi connectivity index (χ4n) is 2.55. The molecule has 0 amide bonds. The molecule has 0 aliphatic heterocycles. The first-order valence-electron chi connectivity index (χ1n) is 7.07. The second kappa shape index (κ2) is 5.45. The zero-order chi connectivity index (χ0) is 15.0. The van der Waals surface area contributed by atoms with E-state index in [4.69, 9.17) is 15.5 Å². The highest BCUT2D eigenvalue weighted by molar-refractivity contribution is 7.09. The van der Waals surface area contributed by atoms with E-state index < -0.39 is 5.41 Å². The predicted octanol–water partition coefficient (Wildman–Crippen LogP) is 2.51. The average Bonchev–Trinajstić information content (AvgIpc) is 3.13. The fourth-order valence-corrected chi connectivity index (χ4v) is 3.70. The van der Waals surface area contributed by atoms with Gasteiger partial charge in [-0.2, -0.15) is 0 Å². The van der Waals surface area contributed by atoms with Crippen molar-refractivity contribution < 1.29 is 9.53 Å². The number of methoxy groups -OCH3 is 1. The van der Waals surface area contributed by atoms with Crippen molar-refractivity contribution in [3.8, 4) is 0 Å². The Hall–Kier alpha value is -0.940. The van der Waals surface area contributed by atoms with Crippen LogP contribution in [0, 0.1) is 11.3 Å². The Balaban J connectivity index is 2.24. The van der Waals surface area contributed by atoms with Crippen molar-refractivity contribution in [2.75, 3.05) is 13.7 Å². The summed E-state index contributed by atoms with van der Waals surface area (Å²) >= 11 is 1.62. The highest BCUT2D eigenvalue weighted by Gasteiger charge is 2.51. The quantitative estimate of drug-likeness (QED) is 0.848. The van der Waals surface area contributed by atoms with E-state index in [-0.39, 0.29) is 11.4 Å². The maximum Gasteiger partial charge on any atom is 0.313 e. The van der Waals surface area contributed by atoms with Crippen molar-refractivity contribution in [1.82, 2.24) is 4.98 Å². The van der Waals surface area contributed by atoms with Crippen LogP contribution in [0.3, 0.4) is 0 Å². The minimum Gasteiger partial charge on any atom is -0.469 e. The first kappa shape index (κ1) is 15.4. The zero-order valence-electron chi connectivity index (χ0n) is 12.7. The Labute approximate surface area is 124 Å². The summed E-state index contributed by atoms with van der Waals surface area (Å²) in [6.07, 6.45) is 2.72. The Morgan fingerprint density at radius 2 is 2.15 bits per heavy atom. The van der Waals surface area contributed by atoms with Gasteiger partial charge in [0.15, 0.2) is 0 Å². The molecule has 0 spiro atoms. The monoisotopic (exact) mass is 296 g/mol. The minimum absolute atomic E-state index is 0.0327. The first-order chi connectivity index (χ1) is 9.33. The maximum absolute atomic E-state index is 12.2. The zero-order valence-corrected chi connectivity index (χ0v) is 13.5. The third-order valence-corrected chi connectivity index (χ3v) is 4.95. The SMILES string of the molecule is COC(=O)C(CN)(Cc1nc(C(C)(C)C)cs1)C1CC1. The number of carbonyl (C=O) groups excluding carboxylic acids is 1. The Kier molecular flexibility index (Phi) is 4.21. The minimum atomic E-state index is -0.582. The topological polar surface area (TPSA) is 65.2 Å². The van der Waals surface area contributed by atoms with Crippen molar-refractivity contribution in [1.29, 1.82) is 0 Å². The van der Waals surface area contributed by atoms with Gasteiger partial charge in [0.1, 0.15) is 0 Å². The maximum atomic E-state index is 12.2. The molecule has 4 nitrogen and oxygen atoms in total. The van der Waals surface area contributed by atoms with Gasteiger partial charge in [-0.1, -0.05) is 20.8 Å². The van der Waals surface area contributed by atoms with E-state index in [0.717, 1.165) is 23.5 Å². The summed E-state index contributed by atoms with van der Waals surface area (Å²) in [4.78, 5) is 16.9. The van der Waals surface area contributed by atoms with Gasteiger partial charge >= 0.3 is 5.97 Å². The van der Waals surface area contributed by atoms with Gasteiger partial charge in [-0.15, -0.1) is 11.3 Å². The van der Waals surface area contributed by atoms with Gasteiger partial charge in [-0.3, -0.25) is 4.79 Å². The molecule has 1 aromatic heterocycles. The molecule has 1 atom stereocenters. The Morgan fingerprint density at radius 3 is 2.55 bits per heavy atom. The molecular weight excluding hydrogens is 272 g/mol. The highest BCUT2D eigenvalue weighted by Crippen LogP contribution is 2.48. The third kappa shape index (κ3) is 2.88. The Bertz CT molecular complexity index is 488. The lowest BCUT2D eigenvalue weighted by molar-refractivity contribution is -0.153. The van der Waals surface area contributed by atoms with Crippen molar-refractivity contribution in [2.24, 2.45) is 17.1 Å². The van der Waals surface area contributed by atoms with Crippen molar-refractivity contribution in [2.45, 2.75) is 45.4 Å². The lowest BCUT2D eigenvalue weighted by Gasteiger charge is -2.28. The molecule has 2 rings (SSSR count). The van der Waals surface area contributed by atoms with E-state index >= 15 is 0 Å². The van der Waals surface area contributed by atoms with Gasteiger partial charge in [0, 0.05) is 23.8 Å². The van der Waals surface area contributed by atoms with Crippen LogP contribution in [-0.2, 0) is 21.4 Å². The molecule has 0 saturated heterocycles. The van der Waals surface area contributed by atoms with Crippen LogP contribution in [0.2, 0.25) is 0 Å². The van der Waals surface area contributed by atoms with Crippen LogP contribution in [0.4, 0.5) is 0 Å². The van der Waals surface area contributed by atoms with E-state index in [1.54, 1.807) is 11.3 Å². The summed E-state index contributed by atoms with van der Waals surface area (Å²) in [7, 11) is 1.44. The lowest BCUT2D eigenvalue weighted by Crippen LogP contribution is -2.43. The molecule has 2 N–H and O–H groups in total. The summed E-state index contributed by atoms with van der Waals surface area (Å²) in [6, 6.07) is 0. The smallest absolute Gasteiger partial charge is 0.313 e. The van der Waals surface area contributed by atoms with Gasteiger partial charge in [-0.05, 0) is 18.8 Å². The standard InChI is InChI=1S/C15H24N2O2S/c1-14(2,3)11-8-20-12(17-11)7-15(9-16,10-5-6-10)13(18)19-4/h8,10H,5-7,9,16H2,1-4H3. The van der Waals surface area contributed by atoms with Gasteiger partial charge in [0.05, 0.1) is 23.2 Å². The summed E-state index contributed by atoms with van der Waals surface area (Å²) < 4.78 is 5.01. The van der Waals surface area contributed by atoms with Gasteiger partial charge in [-0.25, -0.2) is 4.98 Å². The van der Waals surface area contributed by atoms with Gasteiger partial charge < -0.3 is 10.5 Å². The summed E-state index contributed by atoms with van der Waals surface area (Å²) in [5.41, 5.74) is 6.47. The summed E-state index contributed by atoms with van der Waals surface area (Å²) in [5, 5.41) is 3.07. The fraction of sp³-hybridized carbons (Fsp3) is 0.733. The van der Waals surface area contributed by atoms with Crippen LogP contribution in [0.15, 0.2) is 5.38 Å². The van der Waals surface area contributed by atoms with E-state index in [0.29, 0.717) is 18.9 Å². The third-order valence-electron chi connectivity index (χ3n) is 4.10. The molecule has 0 aromatic carbocycles. The lowest BCUT2D eigenvalue weighted by atomic mass is 9.79. The van der Waals surface area contributed by atoms with Crippen LogP contribution in [0.1, 0.15) is 44.3 Å². The number of ether oxygens (including phenoxy) is 1. The average molecular weight is 296 g/mol. The molecular formula is C15H24N2O2S. The van der Waals surface area contributed by atoms with Crippen LogP contribution >= 0.6 is 11.3 Å². The molecule has 1 aromatic rings. The van der Waals surface area contributed by atoms with Crippen LogP contribution in [0.5, 0.6) is 0 Å². The van der Waals surface area contributed by atoms with E-state index in [1.165, 1.54) is 7.11 Å². The number of nitrogens with zero attached hydrogens (tertiary/aromatic N) is 1. The Morgan fingerprint density at radius 1 is 1.50 bits per heavy atom. The second-order valence-corrected chi connectivity index (χ2v) is 7.62. The van der Waals surface area contributed by atoms with Gasteiger partial charge in [0.2, 0.25) is 0 Å². The number of aromatic nitrogens is 1. The number of nitrogens with two attached hydrogens (primary N) is 1. The van der Waals surface area contributed by atoms with Crippen LogP contribution in [0.25, 0.3) is 0 Å². The van der Waals surface area contributed by atoms with Gasteiger partial charge in [0.25, 0.3) is 0 Å². The normalized spacial score (nSPS) is 18.6. The molecule has 0 bridgehead atoms. The number of hydrogen-bond acceptors (Lipinski definition) is 5. The predicted molar refractivity (Wildman–Crippen MR) is 80.7 cm³/mol. The number of carbonyl (C=O) groups is 1. The molecule has 112 valence electrons. The highest BCUT2D eigenvalue weighted by atomic mass is 32.1. The van der Waals surface area contributed by atoms with E-state index in [1.807, 2.05) is 0 Å². The summed E-state index contributed by atoms with van der Waals surface area (Å²) in [5.74, 6) is 0.164. The van der Waals surface area contributed by atoms with Crippen LogP contribution < -0.4 is 5.73 Å². The van der Waals surface area contributed by atoms with Crippen molar-refractivity contribution in [3.63, 3.8) is 0 Å². The second-order valence-electron chi connectivity index (χ2n) is 6.68. The van der Waals surface area contributed by atoms with Crippen LogP contribution in [-0.4, -0.2) is 24.6 Å². The van der Waals surface area contributed by atoms with E-state index in [9.17, 15) is 4.79 Å². The molecule has 20 heavy (non-hydrogen) atoms. The number of thiazole rings is 1. The van der Waals surface area contributed by atoms with E-state index in [2.05, 4.69) is 26.2 Å². The molecule has 1 aliphatic rings. The molecule has 1 saturated carbocycles. The largest absolute Gasteiger partial charge is 0.469 e. The van der Waals surface area contributed by atoms with Crippen molar-refractivity contribution >= 4 is 17.3 Å². The molecule has 0 radical (unpaired) electrons. The number of esters is 1. The molecule has 1 fully saturated rings. The molecule has 5 heteroatoms. The number of rotatable bonds is 5. The molecule has 1 unspecified atom stereocenters. The summed E-state index contributed by atoms with van der Waals surface area (Å²) in [6.45, 7) is 6.75.